The van der Waals surface area contributed by atoms with Crippen molar-refractivity contribution in [3.8, 4) is 0 Å². The van der Waals surface area contributed by atoms with Gasteiger partial charge in [0.1, 0.15) is 16.9 Å². The summed E-state index contributed by atoms with van der Waals surface area (Å²) >= 11 is 0. The van der Waals surface area contributed by atoms with Crippen LogP contribution in [0.2, 0.25) is 0 Å². The Morgan fingerprint density at radius 3 is 1.98 bits per heavy atom. The molecule has 0 saturated heterocycles. The zero-order valence-corrected chi connectivity index (χ0v) is 23.5. The van der Waals surface area contributed by atoms with Crippen molar-refractivity contribution in [2.75, 3.05) is 0 Å². The molecule has 6 aromatic carbocycles. The fourth-order valence-corrected chi connectivity index (χ4v) is 6.68. The number of rotatable bonds is 2. The van der Waals surface area contributed by atoms with Crippen LogP contribution in [0.1, 0.15) is 18.1 Å². The topological polar surface area (TPSA) is 54.8 Å². The molecule has 0 radical (unpaired) electrons. The summed E-state index contributed by atoms with van der Waals surface area (Å²) in [5.74, 6) is 1.47. The van der Waals surface area contributed by atoms with Crippen LogP contribution < -0.4 is 5.32 Å². The largest absolute Gasteiger partial charge is 0.454 e. The normalized spacial score (nSPS) is 17.0. The van der Waals surface area contributed by atoms with E-state index >= 15 is 0 Å². The maximum absolute atomic E-state index is 6.75. The first-order valence-corrected chi connectivity index (χ1v) is 14.5. The molecule has 204 valence electrons. The number of fused-ring (bicyclic) bond motifs is 10. The van der Waals surface area contributed by atoms with Crippen molar-refractivity contribution in [3.05, 3.63) is 145 Å². The second-order valence-electron chi connectivity index (χ2n) is 11.2. The van der Waals surface area contributed by atoms with Crippen molar-refractivity contribution in [2.45, 2.75) is 12.6 Å². The highest BCUT2D eigenvalue weighted by atomic mass is 16.3. The lowest BCUT2D eigenvalue weighted by atomic mass is 9.99. The van der Waals surface area contributed by atoms with Gasteiger partial charge in [0, 0.05) is 32.7 Å². The van der Waals surface area contributed by atoms with E-state index in [0.29, 0.717) is 5.96 Å². The van der Waals surface area contributed by atoms with E-state index in [-0.39, 0.29) is 0 Å². The summed E-state index contributed by atoms with van der Waals surface area (Å²) in [5, 5.41) is 10.5. The average molecular weight is 555 g/mol. The predicted octanol–water partition coefficient (Wildman–Crippen LogP) is 8.97. The SMILES string of the molecule is CC1(c2ccccc2)N=C(c2ccccc2)NC(n2c3ccccc3c3c4ccccc4c4c5ccccc5oc4c32)=N1. The Balaban J connectivity index is 1.45. The first-order chi connectivity index (χ1) is 21.2. The van der Waals surface area contributed by atoms with Crippen LogP contribution in [0, 0.1) is 0 Å². The van der Waals surface area contributed by atoms with Gasteiger partial charge in [0.15, 0.2) is 11.2 Å². The van der Waals surface area contributed by atoms with Crippen molar-refractivity contribution in [3.63, 3.8) is 0 Å². The van der Waals surface area contributed by atoms with E-state index < -0.39 is 5.66 Å². The highest BCUT2D eigenvalue weighted by molar-refractivity contribution is 6.36. The van der Waals surface area contributed by atoms with Crippen LogP contribution >= 0.6 is 0 Å². The summed E-state index contributed by atoms with van der Waals surface area (Å²) in [7, 11) is 0. The average Bonchev–Trinajstić information content (AvgIpc) is 3.62. The van der Waals surface area contributed by atoms with Gasteiger partial charge in [-0.15, -0.1) is 0 Å². The lowest BCUT2D eigenvalue weighted by Crippen LogP contribution is -2.43. The van der Waals surface area contributed by atoms with Crippen molar-refractivity contribution >= 4 is 66.3 Å². The van der Waals surface area contributed by atoms with E-state index in [4.69, 9.17) is 14.4 Å². The molecule has 0 spiro atoms. The Labute approximate surface area is 247 Å². The lowest BCUT2D eigenvalue weighted by Gasteiger charge is -2.30. The van der Waals surface area contributed by atoms with Crippen LogP contribution in [0.25, 0.3) is 54.5 Å². The molecule has 43 heavy (non-hydrogen) atoms. The Hall–Kier alpha value is -5.68. The summed E-state index contributed by atoms with van der Waals surface area (Å²) in [6, 6.07) is 46.0. The molecule has 2 aromatic heterocycles. The first-order valence-electron chi connectivity index (χ1n) is 14.5. The van der Waals surface area contributed by atoms with Crippen LogP contribution in [0.5, 0.6) is 0 Å². The predicted molar refractivity (Wildman–Crippen MR) is 177 cm³/mol. The van der Waals surface area contributed by atoms with Crippen molar-refractivity contribution in [2.24, 2.45) is 9.98 Å². The molecule has 1 aliphatic heterocycles. The number of benzene rings is 6. The second-order valence-corrected chi connectivity index (χ2v) is 11.2. The van der Waals surface area contributed by atoms with E-state index in [0.717, 1.165) is 60.7 Å². The van der Waals surface area contributed by atoms with Crippen LogP contribution in [0.15, 0.2) is 148 Å². The summed E-state index contributed by atoms with van der Waals surface area (Å²) < 4.78 is 8.99. The number of amidine groups is 1. The molecule has 0 bridgehead atoms. The number of para-hydroxylation sites is 2. The Kier molecular flexibility index (Phi) is 4.97. The van der Waals surface area contributed by atoms with E-state index in [1.165, 1.54) is 10.8 Å². The minimum absolute atomic E-state index is 0.698. The van der Waals surface area contributed by atoms with Gasteiger partial charge in [-0.25, -0.2) is 9.98 Å². The second kappa shape index (κ2) is 8.91. The fourth-order valence-electron chi connectivity index (χ4n) is 6.68. The third-order valence-electron chi connectivity index (χ3n) is 8.61. The summed E-state index contributed by atoms with van der Waals surface area (Å²) in [6.07, 6.45) is 0. The van der Waals surface area contributed by atoms with Gasteiger partial charge in [-0.2, -0.15) is 0 Å². The van der Waals surface area contributed by atoms with Crippen LogP contribution in [-0.4, -0.2) is 16.4 Å². The Bertz CT molecular complexity index is 2430. The molecule has 0 fully saturated rings. The number of hydrogen-bond donors (Lipinski definition) is 1. The summed E-state index contributed by atoms with van der Waals surface area (Å²) in [4.78, 5) is 10.6. The molecule has 5 heteroatoms. The quantitative estimate of drug-likeness (QED) is 0.232. The fraction of sp³-hybridized carbons (Fsp3) is 0.0526. The van der Waals surface area contributed by atoms with Crippen LogP contribution in [0.3, 0.4) is 0 Å². The first kappa shape index (κ1) is 24.0. The van der Waals surface area contributed by atoms with E-state index in [2.05, 4.69) is 102 Å². The molecule has 1 atom stereocenters. The zero-order valence-electron chi connectivity index (χ0n) is 23.5. The van der Waals surface area contributed by atoms with Gasteiger partial charge in [-0.05, 0) is 29.8 Å². The van der Waals surface area contributed by atoms with Gasteiger partial charge in [0.25, 0.3) is 0 Å². The molecule has 1 unspecified atom stereocenters. The molecule has 0 amide bonds. The molecule has 1 aliphatic rings. The van der Waals surface area contributed by atoms with Gasteiger partial charge in [0.05, 0.1) is 5.52 Å². The number of hydrogen-bond acceptors (Lipinski definition) is 4. The van der Waals surface area contributed by atoms with E-state index in [9.17, 15) is 0 Å². The molecule has 1 N–H and O–H groups in total. The van der Waals surface area contributed by atoms with E-state index in [1.54, 1.807) is 0 Å². The maximum atomic E-state index is 6.75. The molecular formula is C38H26N4O. The maximum Gasteiger partial charge on any atom is 0.211 e. The lowest BCUT2D eigenvalue weighted by molar-refractivity contribution is 0.514. The minimum Gasteiger partial charge on any atom is -0.454 e. The number of aliphatic imine (C=N–C) groups is 2. The number of aromatic nitrogens is 1. The molecule has 0 saturated carbocycles. The number of nitrogens with one attached hydrogen (secondary N) is 1. The number of furan rings is 1. The van der Waals surface area contributed by atoms with E-state index in [1.807, 2.05) is 48.5 Å². The zero-order chi connectivity index (χ0) is 28.5. The standard InChI is InChI=1S/C38H26N4O/c1-38(25-16-6-3-7-17-25)40-36(24-14-4-2-5-15-24)39-37(41-38)42-30-22-12-10-20-28(30)32-26-18-8-9-19-27(26)33-29-21-11-13-23-31(29)43-35(33)34(32)42/h2-23H,1H3,(H,39,40,41). The van der Waals surface area contributed by atoms with Gasteiger partial charge in [-0.1, -0.05) is 121 Å². The smallest absolute Gasteiger partial charge is 0.211 e. The molecule has 5 nitrogen and oxygen atoms in total. The van der Waals surface area contributed by atoms with Crippen LogP contribution in [0.4, 0.5) is 0 Å². The molecule has 0 aliphatic carbocycles. The van der Waals surface area contributed by atoms with Crippen molar-refractivity contribution in [1.82, 2.24) is 9.88 Å². The molecule has 8 aromatic rings. The van der Waals surface area contributed by atoms with Crippen molar-refractivity contribution in [1.29, 1.82) is 0 Å². The number of nitrogens with zero attached hydrogens (tertiary/aromatic N) is 3. The molecule has 9 rings (SSSR count). The van der Waals surface area contributed by atoms with Gasteiger partial charge in [0.2, 0.25) is 5.96 Å². The molecular weight excluding hydrogens is 528 g/mol. The highest BCUT2D eigenvalue weighted by Crippen LogP contribution is 2.45. The third-order valence-corrected chi connectivity index (χ3v) is 8.61. The Morgan fingerprint density at radius 2 is 1.21 bits per heavy atom. The molecule has 3 heterocycles. The van der Waals surface area contributed by atoms with Crippen molar-refractivity contribution < 1.29 is 4.42 Å². The third kappa shape index (κ3) is 3.45. The monoisotopic (exact) mass is 554 g/mol. The Morgan fingerprint density at radius 1 is 0.605 bits per heavy atom. The van der Waals surface area contributed by atoms with Crippen LogP contribution in [-0.2, 0) is 5.66 Å². The summed E-state index contributed by atoms with van der Waals surface area (Å²) in [6.45, 7) is 2.08. The highest BCUT2D eigenvalue weighted by Gasteiger charge is 2.33. The van der Waals surface area contributed by atoms with Gasteiger partial charge >= 0.3 is 0 Å². The summed E-state index contributed by atoms with van der Waals surface area (Å²) in [5.41, 5.74) is 4.91. The van der Waals surface area contributed by atoms with Gasteiger partial charge in [-0.3, -0.25) is 4.57 Å². The van der Waals surface area contributed by atoms with Gasteiger partial charge < -0.3 is 9.73 Å². The minimum atomic E-state index is -0.853.